The molecule has 2 bridgehead atoms. The van der Waals surface area contributed by atoms with Crippen LogP contribution in [0, 0.1) is 5.92 Å². The topological polar surface area (TPSA) is 85.1 Å². The van der Waals surface area contributed by atoms with Gasteiger partial charge < -0.3 is 15.2 Å². The van der Waals surface area contributed by atoms with E-state index in [1.807, 2.05) is 19.1 Å². The third-order valence-electron chi connectivity index (χ3n) is 5.74. The smallest absolute Gasteiger partial charge is 0.233 e. The molecule has 7 nitrogen and oxygen atoms in total. The van der Waals surface area contributed by atoms with Crippen molar-refractivity contribution >= 4 is 0 Å². The molecule has 2 aliphatic rings. The molecule has 8 heteroatoms. The molecule has 5 rings (SSSR count). The Kier molecular flexibility index (Phi) is 3.83. The van der Waals surface area contributed by atoms with E-state index >= 15 is 0 Å². The van der Waals surface area contributed by atoms with Crippen LogP contribution in [0.5, 0.6) is 11.6 Å². The fourth-order valence-corrected chi connectivity index (χ4v) is 4.22. The van der Waals surface area contributed by atoms with E-state index in [9.17, 15) is 9.50 Å². The van der Waals surface area contributed by atoms with Gasteiger partial charge in [-0.3, -0.25) is 0 Å². The van der Waals surface area contributed by atoms with Crippen molar-refractivity contribution in [3.05, 3.63) is 48.8 Å². The van der Waals surface area contributed by atoms with Crippen LogP contribution in [0.2, 0.25) is 0 Å². The highest BCUT2D eigenvalue weighted by Gasteiger charge is 2.57. The Labute approximate surface area is 161 Å². The number of aromatic hydroxyl groups is 1. The SMILES string of the molecule is C[C@@]12C[C@@H](CN1)[C@H](Oc1ccc(-c3ccc(-n4cccn4)cc3O)nn1)[C@@H]2F. The van der Waals surface area contributed by atoms with Gasteiger partial charge in [-0.05, 0) is 37.6 Å². The summed E-state index contributed by atoms with van der Waals surface area (Å²) in [6.45, 7) is 2.65. The van der Waals surface area contributed by atoms with E-state index in [4.69, 9.17) is 4.74 Å². The Morgan fingerprint density at radius 2 is 2.18 bits per heavy atom. The molecular weight excluding hydrogens is 361 g/mol. The van der Waals surface area contributed by atoms with E-state index in [0.717, 1.165) is 18.7 Å². The Morgan fingerprint density at radius 1 is 1.29 bits per heavy atom. The van der Waals surface area contributed by atoms with E-state index in [-0.39, 0.29) is 11.7 Å². The zero-order chi connectivity index (χ0) is 19.3. The molecule has 0 amide bonds. The molecule has 3 aromatic rings. The highest BCUT2D eigenvalue weighted by molar-refractivity contribution is 5.68. The number of halogens is 1. The van der Waals surface area contributed by atoms with Crippen LogP contribution in [-0.2, 0) is 0 Å². The number of nitrogens with zero attached hydrogens (tertiary/aromatic N) is 4. The summed E-state index contributed by atoms with van der Waals surface area (Å²) in [6.07, 6.45) is 2.65. The molecule has 2 fully saturated rings. The molecule has 0 unspecified atom stereocenters. The first-order valence-corrected chi connectivity index (χ1v) is 9.26. The number of ether oxygens (including phenoxy) is 1. The number of aromatic nitrogens is 4. The first-order valence-electron chi connectivity index (χ1n) is 9.26. The van der Waals surface area contributed by atoms with Gasteiger partial charge in [0.2, 0.25) is 5.88 Å². The Hall–Kier alpha value is -3.00. The van der Waals surface area contributed by atoms with Gasteiger partial charge in [0, 0.05) is 42.6 Å². The molecule has 1 saturated carbocycles. The van der Waals surface area contributed by atoms with Gasteiger partial charge in [0.1, 0.15) is 11.9 Å². The van der Waals surface area contributed by atoms with Gasteiger partial charge in [-0.15, -0.1) is 10.2 Å². The molecule has 2 N–H and O–H groups in total. The predicted molar refractivity (Wildman–Crippen MR) is 100 cm³/mol. The lowest BCUT2D eigenvalue weighted by Crippen LogP contribution is -2.53. The number of nitrogens with one attached hydrogen (secondary N) is 1. The summed E-state index contributed by atoms with van der Waals surface area (Å²) in [4.78, 5) is 0. The lowest BCUT2D eigenvalue weighted by molar-refractivity contribution is 0.0407. The van der Waals surface area contributed by atoms with Gasteiger partial charge in [0.05, 0.1) is 16.9 Å². The number of hydrogen-bond acceptors (Lipinski definition) is 6. The van der Waals surface area contributed by atoms with Crippen LogP contribution >= 0.6 is 0 Å². The summed E-state index contributed by atoms with van der Waals surface area (Å²) in [5.41, 5.74) is 1.29. The number of alkyl halides is 1. The van der Waals surface area contributed by atoms with Crippen molar-refractivity contribution in [3.63, 3.8) is 0 Å². The summed E-state index contributed by atoms with van der Waals surface area (Å²) in [5.74, 6) is 0.507. The van der Waals surface area contributed by atoms with Crippen molar-refractivity contribution in [3.8, 4) is 28.6 Å². The average Bonchev–Trinajstić information content (AvgIpc) is 3.41. The van der Waals surface area contributed by atoms with Crippen molar-refractivity contribution in [1.29, 1.82) is 0 Å². The second kappa shape index (κ2) is 6.27. The minimum absolute atomic E-state index is 0.0758. The fourth-order valence-electron chi connectivity index (χ4n) is 4.22. The van der Waals surface area contributed by atoms with Crippen molar-refractivity contribution in [2.45, 2.75) is 31.2 Å². The van der Waals surface area contributed by atoms with E-state index in [0.29, 0.717) is 17.1 Å². The summed E-state index contributed by atoms with van der Waals surface area (Å²) in [7, 11) is 0. The minimum Gasteiger partial charge on any atom is -0.507 e. The number of rotatable bonds is 4. The molecule has 1 aliphatic heterocycles. The van der Waals surface area contributed by atoms with Crippen LogP contribution in [0.4, 0.5) is 4.39 Å². The summed E-state index contributed by atoms with van der Waals surface area (Å²) in [6, 6.07) is 10.4. The lowest BCUT2D eigenvalue weighted by atomic mass is 9.99. The third-order valence-corrected chi connectivity index (χ3v) is 5.74. The molecule has 144 valence electrons. The van der Waals surface area contributed by atoms with Crippen LogP contribution in [0.25, 0.3) is 16.9 Å². The van der Waals surface area contributed by atoms with Crippen LogP contribution < -0.4 is 10.1 Å². The van der Waals surface area contributed by atoms with Gasteiger partial charge in [0.15, 0.2) is 6.17 Å². The first kappa shape index (κ1) is 17.1. The summed E-state index contributed by atoms with van der Waals surface area (Å²) < 4.78 is 22.1. The third kappa shape index (κ3) is 2.72. The summed E-state index contributed by atoms with van der Waals surface area (Å²) >= 11 is 0. The molecule has 2 aromatic heterocycles. The van der Waals surface area contributed by atoms with Crippen LogP contribution in [-0.4, -0.2) is 49.4 Å². The van der Waals surface area contributed by atoms with Crippen LogP contribution in [0.3, 0.4) is 0 Å². The molecule has 0 spiro atoms. The van der Waals surface area contributed by atoms with Gasteiger partial charge in [-0.25, -0.2) is 9.07 Å². The maximum absolute atomic E-state index is 14.6. The number of phenolic OH excluding ortho intramolecular Hbond substituents is 1. The van der Waals surface area contributed by atoms with Crippen LogP contribution in [0.1, 0.15) is 13.3 Å². The monoisotopic (exact) mass is 381 g/mol. The molecule has 28 heavy (non-hydrogen) atoms. The number of hydrogen-bond donors (Lipinski definition) is 2. The highest BCUT2D eigenvalue weighted by atomic mass is 19.1. The predicted octanol–water partition coefficient (Wildman–Crippen LogP) is 2.50. The molecule has 3 heterocycles. The zero-order valence-electron chi connectivity index (χ0n) is 15.3. The standard InChI is InChI=1S/C20H20FN5O2/c1-20-10-12(11-22-20)18(19(20)21)28-17-6-5-15(24-25-17)14-4-3-13(9-16(14)27)26-8-2-7-23-26/h2-9,12,18-19,22,27H,10-11H2,1H3/t12-,18-,19-,20-/m0/s1. The van der Waals surface area contributed by atoms with E-state index < -0.39 is 17.8 Å². The molecule has 1 aromatic carbocycles. The average molecular weight is 381 g/mol. The number of fused-ring (bicyclic) bond motifs is 2. The van der Waals surface area contributed by atoms with E-state index in [1.54, 1.807) is 41.3 Å². The number of piperidine rings is 1. The Morgan fingerprint density at radius 3 is 2.82 bits per heavy atom. The quantitative estimate of drug-likeness (QED) is 0.722. The molecule has 4 atom stereocenters. The Balaban J connectivity index is 1.34. The minimum atomic E-state index is -1.08. The van der Waals surface area contributed by atoms with Crippen LogP contribution in [0.15, 0.2) is 48.8 Å². The molecule has 1 aliphatic carbocycles. The lowest BCUT2D eigenvalue weighted by Gasteiger charge is -2.32. The maximum Gasteiger partial charge on any atom is 0.233 e. The van der Waals surface area contributed by atoms with Crippen molar-refractivity contribution < 1.29 is 14.2 Å². The molecule has 0 radical (unpaired) electrons. The Bertz CT molecular complexity index is 994. The number of phenols is 1. The summed E-state index contributed by atoms with van der Waals surface area (Å²) in [5, 5.41) is 26.0. The second-order valence-electron chi connectivity index (χ2n) is 7.66. The second-order valence-corrected chi connectivity index (χ2v) is 7.66. The maximum atomic E-state index is 14.6. The van der Waals surface area contributed by atoms with Gasteiger partial charge in [-0.2, -0.15) is 5.10 Å². The van der Waals surface area contributed by atoms with Gasteiger partial charge in [-0.1, -0.05) is 0 Å². The van der Waals surface area contributed by atoms with Crippen molar-refractivity contribution in [1.82, 2.24) is 25.3 Å². The molecular formula is C20H20FN5O2. The van der Waals surface area contributed by atoms with Crippen molar-refractivity contribution in [2.24, 2.45) is 5.92 Å². The highest BCUT2D eigenvalue weighted by Crippen LogP contribution is 2.43. The van der Waals surface area contributed by atoms with Gasteiger partial charge in [0.25, 0.3) is 0 Å². The van der Waals surface area contributed by atoms with E-state index in [1.165, 1.54) is 0 Å². The van der Waals surface area contributed by atoms with Crippen molar-refractivity contribution in [2.75, 3.05) is 6.54 Å². The zero-order valence-corrected chi connectivity index (χ0v) is 15.3. The van der Waals surface area contributed by atoms with Gasteiger partial charge >= 0.3 is 0 Å². The number of benzene rings is 1. The first-order chi connectivity index (χ1) is 13.5. The molecule has 1 saturated heterocycles. The largest absolute Gasteiger partial charge is 0.507 e. The normalized spacial score (nSPS) is 28.6. The van der Waals surface area contributed by atoms with E-state index in [2.05, 4.69) is 20.6 Å². The fraction of sp³-hybridized carbons (Fsp3) is 0.350.